The molecule has 0 N–H and O–H groups in total. The maximum Gasteiger partial charge on any atom is 0.306 e. The van der Waals surface area contributed by atoms with Crippen molar-refractivity contribution in [3.63, 3.8) is 0 Å². The van der Waals surface area contributed by atoms with Gasteiger partial charge in [0, 0.05) is 12.8 Å². The molecule has 2 atom stereocenters. The van der Waals surface area contributed by atoms with Gasteiger partial charge in [-0.05, 0) is 57.8 Å². The zero-order chi connectivity index (χ0) is 42.8. The number of esters is 2. The average molecular weight is 838 g/mol. The molecule has 1 unspecified atom stereocenters. The summed E-state index contributed by atoms with van der Waals surface area (Å²) in [6.45, 7) is 4.17. The van der Waals surface area contributed by atoms with Gasteiger partial charge in [0.25, 0.3) is 7.82 Å². The number of hydrogen-bond acceptors (Lipinski definition) is 8. The number of ether oxygens (including phenoxy) is 2. The minimum absolute atomic E-state index is 0.0377. The normalized spacial score (nSPS) is 14.0. The van der Waals surface area contributed by atoms with E-state index in [1.54, 1.807) is 0 Å². The Morgan fingerprint density at radius 3 is 1.41 bits per heavy atom. The number of phosphoric ester groups is 1. The van der Waals surface area contributed by atoms with Gasteiger partial charge in [0.05, 0.1) is 27.7 Å². The summed E-state index contributed by atoms with van der Waals surface area (Å²) in [5.41, 5.74) is 0. The van der Waals surface area contributed by atoms with Gasteiger partial charge in [-0.1, -0.05) is 172 Å². The Morgan fingerprint density at radius 1 is 0.534 bits per heavy atom. The van der Waals surface area contributed by atoms with Crippen molar-refractivity contribution in [1.82, 2.24) is 0 Å². The van der Waals surface area contributed by atoms with Gasteiger partial charge < -0.3 is 27.9 Å². The first-order valence-electron chi connectivity index (χ1n) is 23.3. The fraction of sp³-hybridized carbons (Fsp3) is 0.792. The molecular formula is C48H88NO8P. The van der Waals surface area contributed by atoms with Crippen molar-refractivity contribution < 1.29 is 42.1 Å². The minimum Gasteiger partial charge on any atom is -0.756 e. The van der Waals surface area contributed by atoms with Crippen LogP contribution >= 0.6 is 7.82 Å². The number of unbranched alkanes of at least 4 members (excludes halogenated alkanes) is 20. The quantitative estimate of drug-likeness (QED) is 0.0196. The molecule has 0 radical (unpaired) electrons. The lowest BCUT2D eigenvalue weighted by Gasteiger charge is -2.28. The molecule has 0 rings (SSSR count). The molecule has 0 bridgehead atoms. The van der Waals surface area contributed by atoms with E-state index in [1.165, 1.54) is 103 Å². The lowest BCUT2D eigenvalue weighted by molar-refractivity contribution is -0.870. The number of phosphoric acid groups is 1. The maximum atomic E-state index is 12.7. The Labute approximate surface area is 356 Å². The Balaban J connectivity index is 4.39. The van der Waals surface area contributed by atoms with Crippen molar-refractivity contribution in [3.8, 4) is 0 Å². The molecule has 0 heterocycles. The molecule has 0 aromatic carbocycles. The third-order valence-electron chi connectivity index (χ3n) is 9.85. The van der Waals surface area contributed by atoms with E-state index in [0.29, 0.717) is 17.4 Å². The summed E-state index contributed by atoms with van der Waals surface area (Å²) in [5.74, 6) is -0.867. The molecule has 338 valence electrons. The molecule has 0 saturated carbocycles. The van der Waals surface area contributed by atoms with E-state index < -0.39 is 32.5 Å². The van der Waals surface area contributed by atoms with Gasteiger partial charge in [-0.25, -0.2) is 0 Å². The molecule has 0 aliphatic rings. The van der Waals surface area contributed by atoms with E-state index in [0.717, 1.165) is 57.8 Å². The smallest absolute Gasteiger partial charge is 0.306 e. The lowest BCUT2D eigenvalue weighted by atomic mass is 10.0. The number of rotatable bonds is 42. The topological polar surface area (TPSA) is 111 Å². The van der Waals surface area contributed by atoms with Crippen LogP contribution in [0.3, 0.4) is 0 Å². The molecule has 0 fully saturated rings. The van der Waals surface area contributed by atoms with Crippen molar-refractivity contribution in [1.29, 1.82) is 0 Å². The molecule has 58 heavy (non-hydrogen) atoms. The maximum absolute atomic E-state index is 12.7. The Hall–Kier alpha value is -2.03. The second-order valence-electron chi connectivity index (χ2n) is 16.8. The zero-order valence-corrected chi connectivity index (χ0v) is 38.9. The Bertz CT molecular complexity index is 1130. The molecule has 10 heteroatoms. The van der Waals surface area contributed by atoms with Gasteiger partial charge in [-0.2, -0.15) is 0 Å². The first-order valence-corrected chi connectivity index (χ1v) is 24.8. The summed E-state index contributed by atoms with van der Waals surface area (Å²) in [5, 5.41) is 0. The van der Waals surface area contributed by atoms with E-state index in [9.17, 15) is 19.0 Å². The van der Waals surface area contributed by atoms with Crippen LogP contribution in [0.15, 0.2) is 48.6 Å². The van der Waals surface area contributed by atoms with Crippen molar-refractivity contribution in [2.45, 2.75) is 200 Å². The molecule has 0 spiro atoms. The molecule has 0 saturated heterocycles. The summed E-state index contributed by atoms with van der Waals surface area (Å²) in [6, 6.07) is 0. The number of allylic oxidation sites excluding steroid dienone is 8. The van der Waals surface area contributed by atoms with Crippen LogP contribution in [0.4, 0.5) is 0 Å². The Morgan fingerprint density at radius 2 is 0.931 bits per heavy atom. The predicted molar refractivity (Wildman–Crippen MR) is 240 cm³/mol. The van der Waals surface area contributed by atoms with Crippen LogP contribution < -0.4 is 4.89 Å². The molecule has 0 aliphatic carbocycles. The zero-order valence-electron chi connectivity index (χ0n) is 38.0. The summed E-state index contributed by atoms with van der Waals surface area (Å²) in [6.07, 6.45) is 47.0. The highest BCUT2D eigenvalue weighted by Gasteiger charge is 2.21. The third-order valence-corrected chi connectivity index (χ3v) is 10.8. The second-order valence-corrected chi connectivity index (χ2v) is 18.2. The van der Waals surface area contributed by atoms with Crippen LogP contribution in [-0.2, 0) is 32.7 Å². The fourth-order valence-corrected chi connectivity index (χ4v) is 6.90. The molecular weight excluding hydrogens is 750 g/mol. The van der Waals surface area contributed by atoms with E-state index in [4.69, 9.17) is 18.5 Å². The van der Waals surface area contributed by atoms with Gasteiger partial charge in [0.15, 0.2) is 6.10 Å². The summed E-state index contributed by atoms with van der Waals surface area (Å²) in [7, 11) is 1.14. The fourth-order valence-electron chi connectivity index (χ4n) is 6.17. The molecule has 9 nitrogen and oxygen atoms in total. The van der Waals surface area contributed by atoms with Crippen molar-refractivity contribution in [3.05, 3.63) is 48.6 Å². The summed E-state index contributed by atoms with van der Waals surface area (Å²) >= 11 is 0. The van der Waals surface area contributed by atoms with Crippen molar-refractivity contribution in [2.24, 2.45) is 0 Å². The summed E-state index contributed by atoms with van der Waals surface area (Å²) < 4.78 is 33.9. The third kappa shape index (κ3) is 43.5. The average Bonchev–Trinajstić information content (AvgIpc) is 3.17. The van der Waals surface area contributed by atoms with E-state index in [-0.39, 0.29) is 26.1 Å². The SMILES string of the molecule is CCCCC/C=C/C/C=C/C/C=C/C/C=C/CCCCCC(=O)O[C@H](COC(=O)CCCCCCCCCCCCCCCCC)COP(=O)([O-])OCC[N+](C)(C)C. The van der Waals surface area contributed by atoms with E-state index in [2.05, 4.69) is 62.5 Å². The highest BCUT2D eigenvalue weighted by Crippen LogP contribution is 2.38. The van der Waals surface area contributed by atoms with Crippen LogP contribution in [0.2, 0.25) is 0 Å². The first-order chi connectivity index (χ1) is 28.0. The first kappa shape index (κ1) is 56.0. The molecule has 0 amide bonds. The van der Waals surface area contributed by atoms with E-state index in [1.807, 2.05) is 21.1 Å². The van der Waals surface area contributed by atoms with Crippen LogP contribution in [0.25, 0.3) is 0 Å². The van der Waals surface area contributed by atoms with Gasteiger partial charge >= 0.3 is 11.9 Å². The van der Waals surface area contributed by atoms with Gasteiger partial charge in [0.2, 0.25) is 0 Å². The predicted octanol–water partition coefficient (Wildman–Crippen LogP) is 12.8. The Kier molecular flexibility index (Phi) is 39.0. The number of quaternary nitrogens is 1. The van der Waals surface area contributed by atoms with Gasteiger partial charge in [0.1, 0.15) is 19.8 Å². The highest BCUT2D eigenvalue weighted by atomic mass is 31.2. The standard InChI is InChI=1S/C48H88NO8P/c1-6-8-10-12-14-16-18-20-22-23-24-25-27-29-31-33-35-37-39-41-48(51)57-46(45-56-58(52,53)55-43-42-49(3,4)5)44-54-47(50)40-38-36-34-32-30-28-26-21-19-17-15-13-11-9-7-2/h14,16,20,22,24-25,29,31,46H,6-13,15,17-19,21,23,26-28,30,32-45H2,1-5H3/b16-14+,22-20+,25-24+,31-29+/t46-/m1/s1. The number of nitrogens with zero attached hydrogens (tertiary/aromatic N) is 1. The monoisotopic (exact) mass is 838 g/mol. The minimum atomic E-state index is -4.63. The number of carbonyl (C=O) groups is 2. The van der Waals surface area contributed by atoms with Crippen LogP contribution in [0.5, 0.6) is 0 Å². The molecule has 0 aliphatic heterocycles. The second kappa shape index (κ2) is 40.4. The van der Waals surface area contributed by atoms with Crippen LogP contribution in [0, 0.1) is 0 Å². The van der Waals surface area contributed by atoms with Crippen LogP contribution in [0.1, 0.15) is 194 Å². The van der Waals surface area contributed by atoms with Gasteiger partial charge in [-0.15, -0.1) is 0 Å². The number of carbonyl (C=O) groups excluding carboxylic acids is 2. The number of hydrogen-bond donors (Lipinski definition) is 0. The van der Waals surface area contributed by atoms with E-state index >= 15 is 0 Å². The molecule has 0 aromatic heterocycles. The molecule has 0 aromatic rings. The van der Waals surface area contributed by atoms with Crippen molar-refractivity contribution in [2.75, 3.05) is 47.5 Å². The van der Waals surface area contributed by atoms with Gasteiger partial charge in [-0.3, -0.25) is 14.2 Å². The largest absolute Gasteiger partial charge is 0.756 e. The highest BCUT2D eigenvalue weighted by molar-refractivity contribution is 7.45. The lowest BCUT2D eigenvalue weighted by Crippen LogP contribution is -2.37. The van der Waals surface area contributed by atoms with Crippen LogP contribution in [-0.4, -0.2) is 70.0 Å². The van der Waals surface area contributed by atoms with Crippen molar-refractivity contribution >= 4 is 19.8 Å². The number of likely N-dealkylation sites (N-methyl/N-ethyl adjacent to an activating group) is 1. The summed E-state index contributed by atoms with van der Waals surface area (Å²) in [4.78, 5) is 37.6.